The first-order valence-corrected chi connectivity index (χ1v) is 6.17. The van der Waals surface area contributed by atoms with Crippen molar-refractivity contribution in [3.05, 3.63) is 54.1 Å². The maximum atomic E-state index is 11.7. The van der Waals surface area contributed by atoms with Gasteiger partial charge in [0.05, 0.1) is 6.42 Å². The van der Waals surface area contributed by atoms with E-state index < -0.39 is 6.09 Å². The van der Waals surface area contributed by atoms with Crippen molar-refractivity contribution in [2.75, 3.05) is 10.6 Å². The van der Waals surface area contributed by atoms with Crippen LogP contribution in [0.4, 0.5) is 16.2 Å². The third-order valence-corrected chi connectivity index (χ3v) is 2.93. The van der Waals surface area contributed by atoms with Crippen LogP contribution >= 0.6 is 0 Å². The molecule has 1 heterocycles. The van der Waals surface area contributed by atoms with Gasteiger partial charge in [-0.15, -0.1) is 0 Å². The van der Waals surface area contributed by atoms with Crippen LogP contribution in [0.15, 0.2) is 48.5 Å². The van der Waals surface area contributed by atoms with Crippen LogP contribution < -0.4 is 15.4 Å². The molecule has 0 aliphatic carbocycles. The molecule has 2 amide bonds. The zero-order valence-corrected chi connectivity index (χ0v) is 10.6. The molecule has 0 saturated carbocycles. The number of para-hydroxylation sites is 1. The monoisotopic (exact) mass is 268 g/mol. The summed E-state index contributed by atoms with van der Waals surface area (Å²) in [5.41, 5.74) is 2.26. The summed E-state index contributed by atoms with van der Waals surface area (Å²) in [5.74, 6) is 0.437. The molecule has 5 nitrogen and oxygen atoms in total. The molecular formula is C15H12N2O3. The molecule has 0 bridgehead atoms. The van der Waals surface area contributed by atoms with E-state index in [4.69, 9.17) is 4.74 Å². The molecule has 2 aromatic carbocycles. The average molecular weight is 268 g/mol. The van der Waals surface area contributed by atoms with Crippen LogP contribution in [-0.4, -0.2) is 12.0 Å². The number of ether oxygens (including phenoxy) is 1. The van der Waals surface area contributed by atoms with E-state index in [1.807, 2.05) is 6.07 Å². The first-order valence-electron chi connectivity index (χ1n) is 6.17. The topological polar surface area (TPSA) is 67.4 Å². The van der Waals surface area contributed by atoms with Gasteiger partial charge in [0.15, 0.2) is 0 Å². The Hall–Kier alpha value is -2.82. The van der Waals surface area contributed by atoms with Crippen molar-refractivity contribution in [1.29, 1.82) is 0 Å². The number of hydrogen-bond donors (Lipinski definition) is 2. The smallest absolute Gasteiger partial charge is 0.410 e. The number of nitrogens with one attached hydrogen (secondary N) is 2. The van der Waals surface area contributed by atoms with Gasteiger partial charge in [0, 0.05) is 11.4 Å². The maximum Gasteiger partial charge on any atom is 0.417 e. The summed E-state index contributed by atoms with van der Waals surface area (Å²) in [6.45, 7) is 0. The number of amides is 2. The molecule has 0 unspecified atom stereocenters. The standard InChI is InChI=1S/C15H12N2O3/c18-14-9-10-8-11(6-7-13(10)17-14)16-15(19)20-12-4-2-1-3-5-12/h1-8H,9H2,(H,16,19)(H,17,18). The number of fused-ring (bicyclic) bond motifs is 1. The molecule has 0 aromatic heterocycles. The van der Waals surface area contributed by atoms with Crippen molar-refractivity contribution in [1.82, 2.24) is 0 Å². The van der Waals surface area contributed by atoms with Crippen molar-refractivity contribution in [2.45, 2.75) is 6.42 Å². The lowest BCUT2D eigenvalue weighted by molar-refractivity contribution is -0.115. The van der Waals surface area contributed by atoms with E-state index >= 15 is 0 Å². The lowest BCUT2D eigenvalue weighted by Gasteiger charge is -2.07. The SMILES string of the molecule is O=C1Cc2cc(NC(=O)Oc3ccccc3)ccc2N1. The molecule has 1 aliphatic heterocycles. The highest BCUT2D eigenvalue weighted by atomic mass is 16.6. The fourth-order valence-corrected chi connectivity index (χ4v) is 2.05. The number of benzene rings is 2. The first-order chi connectivity index (χ1) is 9.70. The Morgan fingerprint density at radius 2 is 1.95 bits per heavy atom. The number of carbonyl (C=O) groups is 2. The van der Waals surface area contributed by atoms with E-state index in [0.29, 0.717) is 17.9 Å². The molecule has 0 spiro atoms. The quantitative estimate of drug-likeness (QED) is 0.880. The fourth-order valence-electron chi connectivity index (χ4n) is 2.05. The van der Waals surface area contributed by atoms with Crippen LogP contribution in [0.2, 0.25) is 0 Å². The summed E-state index contributed by atoms with van der Waals surface area (Å²) in [6.07, 6.45) is -0.230. The molecule has 2 N–H and O–H groups in total. The molecule has 5 heteroatoms. The van der Waals surface area contributed by atoms with Gasteiger partial charge in [0.2, 0.25) is 5.91 Å². The minimum atomic E-state index is -0.562. The third kappa shape index (κ3) is 2.61. The molecule has 0 fully saturated rings. The molecule has 1 aliphatic rings. The lowest BCUT2D eigenvalue weighted by Crippen LogP contribution is -2.16. The Labute approximate surface area is 115 Å². The minimum absolute atomic E-state index is 0.0380. The van der Waals surface area contributed by atoms with E-state index in [9.17, 15) is 9.59 Å². The summed E-state index contributed by atoms with van der Waals surface area (Å²) in [4.78, 5) is 23.0. The van der Waals surface area contributed by atoms with Crippen LogP contribution in [0.3, 0.4) is 0 Å². The van der Waals surface area contributed by atoms with Crippen molar-refractivity contribution in [2.24, 2.45) is 0 Å². The second-order valence-corrected chi connectivity index (χ2v) is 4.42. The Morgan fingerprint density at radius 1 is 1.15 bits per heavy atom. The number of hydrogen-bond acceptors (Lipinski definition) is 3. The van der Waals surface area contributed by atoms with E-state index in [1.165, 1.54) is 0 Å². The van der Waals surface area contributed by atoms with Crippen molar-refractivity contribution in [3.63, 3.8) is 0 Å². The third-order valence-electron chi connectivity index (χ3n) is 2.93. The van der Waals surface area contributed by atoms with Crippen LogP contribution in [0, 0.1) is 0 Å². The van der Waals surface area contributed by atoms with Crippen molar-refractivity contribution in [3.8, 4) is 5.75 Å². The van der Waals surface area contributed by atoms with Gasteiger partial charge < -0.3 is 10.1 Å². The largest absolute Gasteiger partial charge is 0.417 e. The van der Waals surface area contributed by atoms with Gasteiger partial charge in [-0.25, -0.2) is 4.79 Å². The molecule has 2 aromatic rings. The molecule has 100 valence electrons. The average Bonchev–Trinajstić information content (AvgIpc) is 2.79. The van der Waals surface area contributed by atoms with Crippen LogP contribution in [-0.2, 0) is 11.2 Å². The lowest BCUT2D eigenvalue weighted by atomic mass is 10.1. The molecule has 0 radical (unpaired) electrons. The second-order valence-electron chi connectivity index (χ2n) is 4.42. The van der Waals surface area contributed by atoms with Crippen LogP contribution in [0.1, 0.15) is 5.56 Å². The maximum absolute atomic E-state index is 11.7. The van der Waals surface area contributed by atoms with E-state index in [0.717, 1.165) is 11.3 Å². The molecule has 3 rings (SSSR count). The highest BCUT2D eigenvalue weighted by Crippen LogP contribution is 2.26. The van der Waals surface area contributed by atoms with E-state index in [-0.39, 0.29) is 5.91 Å². The van der Waals surface area contributed by atoms with Crippen LogP contribution in [0.5, 0.6) is 5.75 Å². The summed E-state index contributed by atoms with van der Waals surface area (Å²) < 4.78 is 5.13. The molecule has 0 atom stereocenters. The Morgan fingerprint density at radius 3 is 2.75 bits per heavy atom. The molecular weight excluding hydrogens is 256 g/mol. The summed E-state index contributed by atoms with van der Waals surface area (Å²) >= 11 is 0. The van der Waals surface area contributed by atoms with Crippen molar-refractivity contribution >= 4 is 23.4 Å². The van der Waals surface area contributed by atoms with E-state index in [2.05, 4.69) is 10.6 Å². The number of rotatable bonds is 2. The van der Waals surface area contributed by atoms with Gasteiger partial charge >= 0.3 is 6.09 Å². The Balaban J connectivity index is 1.68. The van der Waals surface area contributed by atoms with Gasteiger partial charge in [0.25, 0.3) is 0 Å². The van der Waals surface area contributed by atoms with E-state index in [1.54, 1.807) is 42.5 Å². The Bertz CT molecular complexity index is 668. The van der Waals surface area contributed by atoms with Crippen LogP contribution in [0.25, 0.3) is 0 Å². The Kier molecular flexibility index (Phi) is 3.09. The number of anilines is 2. The van der Waals surface area contributed by atoms with Gasteiger partial charge in [0.1, 0.15) is 5.75 Å². The number of carbonyl (C=O) groups excluding carboxylic acids is 2. The normalized spacial score (nSPS) is 12.5. The highest BCUT2D eigenvalue weighted by molar-refractivity contribution is 6.00. The minimum Gasteiger partial charge on any atom is -0.410 e. The first kappa shape index (κ1) is 12.2. The summed E-state index contributed by atoms with van der Waals surface area (Å²) in [7, 11) is 0. The highest BCUT2D eigenvalue weighted by Gasteiger charge is 2.18. The summed E-state index contributed by atoms with van der Waals surface area (Å²) in [6, 6.07) is 14.1. The predicted molar refractivity (Wildman–Crippen MR) is 74.9 cm³/mol. The zero-order valence-electron chi connectivity index (χ0n) is 10.6. The van der Waals surface area contributed by atoms with Gasteiger partial charge in [-0.05, 0) is 35.9 Å². The second kappa shape index (κ2) is 5.05. The van der Waals surface area contributed by atoms with Gasteiger partial charge in [-0.1, -0.05) is 18.2 Å². The van der Waals surface area contributed by atoms with Crippen molar-refractivity contribution < 1.29 is 14.3 Å². The fraction of sp³-hybridized carbons (Fsp3) is 0.0667. The summed E-state index contributed by atoms with van der Waals surface area (Å²) in [5, 5.41) is 5.37. The molecule has 0 saturated heterocycles. The molecule has 20 heavy (non-hydrogen) atoms. The van der Waals surface area contributed by atoms with Gasteiger partial charge in [-0.3, -0.25) is 10.1 Å². The predicted octanol–water partition coefficient (Wildman–Crippen LogP) is 2.79. The van der Waals surface area contributed by atoms with Gasteiger partial charge in [-0.2, -0.15) is 0 Å². The zero-order chi connectivity index (χ0) is 13.9.